The molecule has 182 valence electrons. The molecule has 4 amide bonds. The number of carbonyl (C=O) groups excluding carboxylic acids is 4. The Kier molecular flexibility index (Phi) is 7.98. The van der Waals surface area contributed by atoms with Gasteiger partial charge in [-0.2, -0.15) is 22.0 Å². The van der Waals surface area contributed by atoms with Gasteiger partial charge in [0.1, 0.15) is 6.42 Å². The van der Waals surface area contributed by atoms with Crippen LogP contribution in [-0.4, -0.2) is 61.9 Å². The van der Waals surface area contributed by atoms with Crippen LogP contribution in [-0.2, 0) is 19.2 Å². The Morgan fingerprint density at radius 2 is 1.61 bits per heavy atom. The van der Waals surface area contributed by atoms with Crippen molar-refractivity contribution in [1.82, 2.24) is 10.6 Å². The largest absolute Gasteiger partial charge is 0.455 e. The van der Waals surface area contributed by atoms with Crippen LogP contribution >= 0.6 is 0 Å². The SMILES string of the molecule is CCN1C(=O)[C@@H](CNC(=O)CC(=O)NCC(F)(F)C(F)(F)F)CN(C(C)=O)c2ccccc21. The van der Waals surface area contributed by atoms with Crippen molar-refractivity contribution in [1.29, 1.82) is 0 Å². The minimum atomic E-state index is -5.84. The number of anilines is 2. The highest BCUT2D eigenvalue weighted by atomic mass is 19.4. The van der Waals surface area contributed by atoms with Crippen molar-refractivity contribution in [2.45, 2.75) is 32.4 Å². The summed E-state index contributed by atoms with van der Waals surface area (Å²) in [6, 6.07) is 6.76. The fourth-order valence-corrected chi connectivity index (χ4v) is 3.25. The molecule has 0 fully saturated rings. The molecule has 2 rings (SSSR count). The standard InChI is InChI=1S/C20H23F5N4O4/c1-3-28-14-6-4-5-7-15(14)29(12(2)30)10-13(18(28)33)9-26-16(31)8-17(32)27-11-19(21,22)20(23,24)25/h4-7,13H,3,8-11H2,1-2H3,(H,26,31)(H,27,32)/t13-/m0/s1. The van der Waals surface area contributed by atoms with E-state index in [0.29, 0.717) is 11.4 Å². The van der Waals surface area contributed by atoms with Gasteiger partial charge >= 0.3 is 12.1 Å². The van der Waals surface area contributed by atoms with Crippen molar-refractivity contribution in [2.24, 2.45) is 5.92 Å². The number of hydrogen-bond acceptors (Lipinski definition) is 4. The molecule has 1 atom stereocenters. The van der Waals surface area contributed by atoms with Gasteiger partial charge in [0.25, 0.3) is 0 Å². The van der Waals surface area contributed by atoms with Gasteiger partial charge in [0.2, 0.25) is 23.6 Å². The molecular weight excluding hydrogens is 455 g/mol. The average molecular weight is 478 g/mol. The molecule has 13 heteroatoms. The van der Waals surface area contributed by atoms with E-state index in [0.717, 1.165) is 0 Å². The van der Waals surface area contributed by atoms with Crippen LogP contribution in [0.4, 0.5) is 33.3 Å². The Balaban J connectivity index is 2.02. The number of para-hydroxylation sites is 2. The number of fused-ring (bicyclic) bond motifs is 1. The van der Waals surface area contributed by atoms with E-state index >= 15 is 0 Å². The van der Waals surface area contributed by atoms with Gasteiger partial charge in [-0.15, -0.1) is 0 Å². The Morgan fingerprint density at radius 1 is 1.03 bits per heavy atom. The number of benzene rings is 1. The summed E-state index contributed by atoms with van der Waals surface area (Å²) in [6.07, 6.45) is -6.85. The number of rotatable bonds is 7. The van der Waals surface area contributed by atoms with Gasteiger partial charge in [0, 0.05) is 26.6 Å². The van der Waals surface area contributed by atoms with Gasteiger partial charge < -0.3 is 20.4 Å². The fraction of sp³-hybridized carbons (Fsp3) is 0.500. The maximum atomic E-state index is 13.0. The van der Waals surface area contributed by atoms with Gasteiger partial charge in [-0.25, -0.2) is 0 Å². The Hall–Kier alpha value is -3.25. The third kappa shape index (κ3) is 6.17. The molecule has 1 aliphatic heterocycles. The Bertz CT molecular complexity index is 907. The molecule has 8 nitrogen and oxygen atoms in total. The second-order valence-electron chi connectivity index (χ2n) is 7.36. The fourth-order valence-electron chi connectivity index (χ4n) is 3.25. The van der Waals surface area contributed by atoms with E-state index in [1.54, 1.807) is 31.2 Å². The highest BCUT2D eigenvalue weighted by Gasteiger charge is 2.57. The number of carbonyl (C=O) groups is 4. The molecule has 0 radical (unpaired) electrons. The maximum Gasteiger partial charge on any atom is 0.455 e. The van der Waals surface area contributed by atoms with Crippen LogP contribution in [0.25, 0.3) is 0 Å². The van der Waals surface area contributed by atoms with Crippen LogP contribution in [0.5, 0.6) is 0 Å². The van der Waals surface area contributed by atoms with E-state index < -0.39 is 42.8 Å². The lowest BCUT2D eigenvalue weighted by molar-refractivity contribution is -0.278. The van der Waals surface area contributed by atoms with Gasteiger partial charge in [-0.1, -0.05) is 12.1 Å². The lowest BCUT2D eigenvalue weighted by Crippen LogP contribution is -2.48. The second kappa shape index (κ2) is 10.1. The van der Waals surface area contributed by atoms with Crippen LogP contribution in [0.1, 0.15) is 20.3 Å². The lowest BCUT2D eigenvalue weighted by Gasteiger charge is -2.23. The van der Waals surface area contributed by atoms with Crippen molar-refractivity contribution in [3.05, 3.63) is 24.3 Å². The molecule has 1 aliphatic rings. The zero-order valence-corrected chi connectivity index (χ0v) is 17.8. The number of halogens is 5. The van der Waals surface area contributed by atoms with Gasteiger partial charge in [-0.3, -0.25) is 19.2 Å². The quantitative estimate of drug-likeness (QED) is 0.462. The summed E-state index contributed by atoms with van der Waals surface area (Å²) in [7, 11) is 0. The highest BCUT2D eigenvalue weighted by molar-refractivity contribution is 6.05. The molecule has 0 saturated carbocycles. The summed E-state index contributed by atoms with van der Waals surface area (Å²) in [6.45, 7) is 0.987. The van der Waals surface area contributed by atoms with Gasteiger partial charge in [0.15, 0.2) is 0 Å². The molecule has 1 aromatic rings. The normalized spacial score (nSPS) is 16.7. The van der Waals surface area contributed by atoms with Crippen molar-refractivity contribution in [3.63, 3.8) is 0 Å². The van der Waals surface area contributed by atoms with Crippen molar-refractivity contribution in [2.75, 3.05) is 36.0 Å². The summed E-state index contributed by atoms with van der Waals surface area (Å²) in [5.41, 5.74) is 1.03. The van der Waals surface area contributed by atoms with E-state index in [4.69, 9.17) is 0 Å². The number of alkyl halides is 5. The summed E-state index contributed by atoms with van der Waals surface area (Å²) in [5, 5.41) is 3.67. The highest BCUT2D eigenvalue weighted by Crippen LogP contribution is 2.35. The smallest absolute Gasteiger partial charge is 0.355 e. The zero-order valence-electron chi connectivity index (χ0n) is 17.8. The first kappa shape index (κ1) is 26.0. The Labute approximate surface area is 186 Å². The van der Waals surface area contributed by atoms with E-state index in [9.17, 15) is 41.1 Å². The predicted octanol–water partition coefficient (Wildman–Crippen LogP) is 1.84. The van der Waals surface area contributed by atoms with Crippen LogP contribution < -0.4 is 20.4 Å². The second-order valence-corrected chi connectivity index (χ2v) is 7.36. The minimum Gasteiger partial charge on any atom is -0.355 e. The van der Waals surface area contributed by atoms with Crippen molar-refractivity contribution in [3.8, 4) is 0 Å². The molecule has 0 aromatic heterocycles. The molecule has 2 N–H and O–H groups in total. The van der Waals surface area contributed by atoms with Crippen molar-refractivity contribution >= 4 is 35.0 Å². The number of hydrogen-bond donors (Lipinski definition) is 2. The van der Waals surface area contributed by atoms with Crippen molar-refractivity contribution < 1.29 is 41.1 Å². The maximum absolute atomic E-state index is 13.0. The minimum absolute atomic E-state index is 0.0635. The van der Waals surface area contributed by atoms with E-state index in [2.05, 4.69) is 5.32 Å². The number of nitrogens with one attached hydrogen (secondary N) is 2. The van der Waals surface area contributed by atoms with Crippen LogP contribution in [0.3, 0.4) is 0 Å². The topological polar surface area (TPSA) is 98.8 Å². The molecule has 0 bridgehead atoms. The summed E-state index contributed by atoms with van der Waals surface area (Å²) < 4.78 is 62.2. The lowest BCUT2D eigenvalue weighted by atomic mass is 10.1. The predicted molar refractivity (Wildman–Crippen MR) is 108 cm³/mol. The Morgan fingerprint density at radius 3 is 2.15 bits per heavy atom. The third-order valence-corrected chi connectivity index (χ3v) is 4.97. The van der Waals surface area contributed by atoms with Crippen LogP contribution in [0.15, 0.2) is 24.3 Å². The molecule has 0 aliphatic carbocycles. The van der Waals surface area contributed by atoms with E-state index in [-0.39, 0.29) is 31.4 Å². The van der Waals surface area contributed by atoms with Crippen LogP contribution in [0, 0.1) is 5.92 Å². The monoisotopic (exact) mass is 478 g/mol. The van der Waals surface area contributed by atoms with Crippen LogP contribution in [0.2, 0.25) is 0 Å². The first-order chi connectivity index (χ1) is 15.3. The van der Waals surface area contributed by atoms with Gasteiger partial charge in [-0.05, 0) is 19.1 Å². The molecule has 33 heavy (non-hydrogen) atoms. The van der Waals surface area contributed by atoms with E-state index in [1.807, 2.05) is 0 Å². The summed E-state index contributed by atoms with van der Waals surface area (Å²) >= 11 is 0. The first-order valence-electron chi connectivity index (χ1n) is 9.95. The van der Waals surface area contributed by atoms with E-state index in [1.165, 1.54) is 22.0 Å². The summed E-state index contributed by atoms with van der Waals surface area (Å²) in [4.78, 5) is 51.6. The molecular formula is C20H23F5N4O4. The van der Waals surface area contributed by atoms with Gasteiger partial charge in [0.05, 0.1) is 23.8 Å². The molecule has 0 saturated heterocycles. The number of amides is 4. The molecule has 1 aromatic carbocycles. The summed E-state index contributed by atoms with van der Waals surface area (Å²) in [5.74, 6) is -9.06. The molecule has 1 heterocycles. The molecule has 0 spiro atoms. The third-order valence-electron chi connectivity index (χ3n) is 4.97. The number of nitrogens with zero attached hydrogens (tertiary/aromatic N) is 2. The average Bonchev–Trinajstić information content (AvgIpc) is 2.84. The first-order valence-corrected chi connectivity index (χ1v) is 9.95. The molecule has 0 unspecified atom stereocenters. The zero-order chi connectivity index (χ0) is 25.0.